The Balaban J connectivity index is 2.36. The van der Waals surface area contributed by atoms with E-state index in [2.05, 4.69) is 10.6 Å². The summed E-state index contributed by atoms with van der Waals surface area (Å²) in [6, 6.07) is 6.98. The molecule has 2 aromatic carbocycles. The summed E-state index contributed by atoms with van der Waals surface area (Å²) in [4.78, 5) is 24.9. The second-order valence-electron chi connectivity index (χ2n) is 7.52. The van der Waals surface area contributed by atoms with Crippen molar-refractivity contribution in [2.24, 2.45) is 0 Å². The van der Waals surface area contributed by atoms with Crippen molar-refractivity contribution in [3.05, 3.63) is 45.6 Å². The number of carbonyl (C=O) groups is 1. The summed E-state index contributed by atoms with van der Waals surface area (Å²) in [5.74, 6) is 1.47. The Bertz CT molecular complexity index is 1040. The molecule has 7 nitrogen and oxygen atoms in total. The van der Waals surface area contributed by atoms with Crippen LogP contribution in [-0.2, 0) is 11.2 Å². The highest BCUT2D eigenvalue weighted by molar-refractivity contribution is 5.83. The number of hydrogen-bond donors (Lipinski definition) is 2. The number of amides is 1. The van der Waals surface area contributed by atoms with Crippen LogP contribution in [-0.4, -0.2) is 33.8 Å². The van der Waals surface area contributed by atoms with Crippen LogP contribution >= 0.6 is 0 Å². The Labute approximate surface area is 182 Å². The topological polar surface area (TPSA) is 85.9 Å². The lowest BCUT2D eigenvalue weighted by Crippen LogP contribution is -2.26. The van der Waals surface area contributed by atoms with E-state index in [-0.39, 0.29) is 17.4 Å². The van der Waals surface area contributed by atoms with Crippen LogP contribution in [0.4, 0.5) is 5.69 Å². The fraction of sp³-hybridized carbons (Fsp3) is 0.417. The van der Waals surface area contributed by atoms with E-state index in [1.807, 2.05) is 19.1 Å². The van der Waals surface area contributed by atoms with Crippen molar-refractivity contribution in [2.45, 2.75) is 39.2 Å². The zero-order valence-electron chi connectivity index (χ0n) is 18.8. The van der Waals surface area contributed by atoms with Gasteiger partial charge in [-0.05, 0) is 54.2 Å². The van der Waals surface area contributed by atoms with Gasteiger partial charge >= 0.3 is 0 Å². The highest BCUT2D eigenvalue weighted by Gasteiger charge is 2.29. The maximum Gasteiger partial charge on any atom is 0.217 e. The van der Waals surface area contributed by atoms with E-state index in [4.69, 9.17) is 14.2 Å². The summed E-state index contributed by atoms with van der Waals surface area (Å²) in [5, 5.41) is 6.20. The third-order valence-corrected chi connectivity index (χ3v) is 5.48. The maximum absolute atomic E-state index is 13.0. The summed E-state index contributed by atoms with van der Waals surface area (Å²) in [6.45, 7) is 4.23. The zero-order chi connectivity index (χ0) is 22.5. The highest BCUT2D eigenvalue weighted by atomic mass is 16.5. The third-order valence-electron chi connectivity index (χ3n) is 5.48. The molecule has 1 atom stereocenters. The molecule has 0 aromatic heterocycles. The highest BCUT2D eigenvalue weighted by Crippen LogP contribution is 2.50. The van der Waals surface area contributed by atoms with Crippen LogP contribution < -0.4 is 30.3 Å². The molecule has 0 heterocycles. The summed E-state index contributed by atoms with van der Waals surface area (Å²) in [5.41, 5.74) is 3.84. The number of ether oxygens (including phenoxy) is 3. The van der Waals surface area contributed by atoms with Crippen molar-refractivity contribution in [3.8, 4) is 28.4 Å². The number of rotatable bonds is 7. The number of carbonyl (C=O) groups excluding carboxylic acids is 1. The molecule has 0 spiro atoms. The first kappa shape index (κ1) is 22.5. The standard InChI is InChI=1S/C24H30N2O5/c1-6-11-25-19-10-8-16-17(13-20(19)28)18(26-14(2)27)9-7-15-12-21(29-3)23(30-4)24(31-5)22(15)16/h8,10,12-13,18H,6-7,9,11H2,1-5H3,(H,25,28)(H,26,27). The molecule has 1 unspecified atom stereocenters. The van der Waals surface area contributed by atoms with Gasteiger partial charge in [0.05, 0.1) is 33.1 Å². The van der Waals surface area contributed by atoms with E-state index < -0.39 is 0 Å². The fourth-order valence-corrected chi connectivity index (χ4v) is 4.11. The van der Waals surface area contributed by atoms with Crippen molar-refractivity contribution < 1.29 is 19.0 Å². The molecule has 0 saturated heterocycles. The van der Waals surface area contributed by atoms with Crippen LogP contribution in [0, 0.1) is 0 Å². The average Bonchev–Trinajstić information content (AvgIpc) is 2.99. The smallest absolute Gasteiger partial charge is 0.217 e. The van der Waals surface area contributed by atoms with Crippen molar-refractivity contribution >= 4 is 11.6 Å². The molecule has 1 aliphatic carbocycles. The lowest BCUT2D eigenvalue weighted by molar-refractivity contribution is -0.119. The molecule has 0 aliphatic heterocycles. The van der Waals surface area contributed by atoms with Crippen LogP contribution in [0.15, 0.2) is 29.1 Å². The van der Waals surface area contributed by atoms with Crippen LogP contribution in [0.5, 0.6) is 17.2 Å². The van der Waals surface area contributed by atoms with Crippen LogP contribution in [0.2, 0.25) is 0 Å². The predicted octanol–water partition coefficient (Wildman–Crippen LogP) is 3.68. The molecular formula is C24H30N2O5. The number of anilines is 1. The third kappa shape index (κ3) is 4.45. The van der Waals surface area contributed by atoms with Crippen LogP contribution in [0.3, 0.4) is 0 Å². The fourth-order valence-electron chi connectivity index (χ4n) is 4.11. The number of nitrogens with one attached hydrogen (secondary N) is 2. The van der Waals surface area contributed by atoms with E-state index in [1.54, 1.807) is 33.5 Å². The van der Waals surface area contributed by atoms with Crippen LogP contribution in [0.25, 0.3) is 11.1 Å². The quantitative estimate of drug-likeness (QED) is 0.702. The average molecular weight is 427 g/mol. The number of methoxy groups -OCH3 is 3. The molecule has 1 amide bonds. The summed E-state index contributed by atoms with van der Waals surface area (Å²) >= 11 is 0. The molecule has 0 fully saturated rings. The van der Waals surface area contributed by atoms with Gasteiger partial charge in [-0.1, -0.05) is 13.0 Å². The Hall–Kier alpha value is -3.22. The molecule has 31 heavy (non-hydrogen) atoms. The molecule has 166 valence electrons. The van der Waals surface area contributed by atoms with E-state index in [0.717, 1.165) is 28.7 Å². The van der Waals surface area contributed by atoms with Gasteiger partial charge in [-0.25, -0.2) is 0 Å². The van der Waals surface area contributed by atoms with Crippen molar-refractivity contribution in [1.29, 1.82) is 0 Å². The molecule has 0 radical (unpaired) electrons. The first-order chi connectivity index (χ1) is 14.9. The molecule has 7 heteroatoms. The molecule has 1 aliphatic rings. The minimum atomic E-state index is -0.305. The van der Waals surface area contributed by atoms with Gasteiger partial charge in [-0.2, -0.15) is 0 Å². The molecule has 0 bridgehead atoms. The molecule has 2 aromatic rings. The van der Waals surface area contributed by atoms with Gasteiger partial charge < -0.3 is 24.8 Å². The first-order valence-electron chi connectivity index (χ1n) is 10.5. The number of hydrogen-bond acceptors (Lipinski definition) is 6. The second-order valence-corrected chi connectivity index (χ2v) is 7.52. The minimum Gasteiger partial charge on any atom is -0.493 e. The Kier molecular flexibility index (Phi) is 7.05. The summed E-state index contributed by atoms with van der Waals surface area (Å²) in [7, 11) is 4.74. The Morgan fingerprint density at radius 1 is 1.10 bits per heavy atom. The van der Waals surface area contributed by atoms with E-state index in [1.165, 1.54) is 6.92 Å². The number of aryl methyl sites for hydroxylation is 1. The van der Waals surface area contributed by atoms with Gasteiger partial charge in [-0.3, -0.25) is 9.59 Å². The predicted molar refractivity (Wildman–Crippen MR) is 121 cm³/mol. The SMILES string of the molecule is CCCNc1ccc2c(cc1=O)C(NC(C)=O)CCc1cc(OC)c(OC)c(OC)c1-2. The Morgan fingerprint density at radius 2 is 1.84 bits per heavy atom. The molecule has 0 saturated carbocycles. The molecular weight excluding hydrogens is 396 g/mol. The van der Waals surface area contributed by atoms with E-state index in [0.29, 0.717) is 42.3 Å². The van der Waals surface area contributed by atoms with Gasteiger partial charge in [0, 0.05) is 19.0 Å². The van der Waals surface area contributed by atoms with E-state index in [9.17, 15) is 9.59 Å². The number of benzene rings is 1. The van der Waals surface area contributed by atoms with Gasteiger partial charge in [-0.15, -0.1) is 0 Å². The van der Waals surface area contributed by atoms with Gasteiger partial charge in [0.25, 0.3) is 0 Å². The van der Waals surface area contributed by atoms with E-state index >= 15 is 0 Å². The van der Waals surface area contributed by atoms with Gasteiger partial charge in [0.15, 0.2) is 11.5 Å². The van der Waals surface area contributed by atoms with Gasteiger partial charge in [0.1, 0.15) is 0 Å². The van der Waals surface area contributed by atoms with Crippen molar-refractivity contribution in [2.75, 3.05) is 33.2 Å². The Morgan fingerprint density at radius 3 is 2.45 bits per heavy atom. The molecule has 2 N–H and O–H groups in total. The maximum atomic E-state index is 13.0. The zero-order valence-corrected chi connectivity index (χ0v) is 18.8. The normalized spacial score (nSPS) is 14.5. The lowest BCUT2D eigenvalue weighted by Gasteiger charge is -2.19. The molecule has 3 rings (SSSR count). The lowest BCUT2D eigenvalue weighted by atomic mass is 9.95. The summed E-state index contributed by atoms with van der Waals surface area (Å²) in [6.07, 6.45) is 2.21. The largest absolute Gasteiger partial charge is 0.493 e. The second kappa shape index (κ2) is 9.73. The monoisotopic (exact) mass is 426 g/mol. The number of fused-ring (bicyclic) bond motifs is 3. The minimum absolute atomic E-state index is 0.118. The van der Waals surface area contributed by atoms with Gasteiger partial charge in [0.2, 0.25) is 17.1 Å². The van der Waals surface area contributed by atoms with Crippen LogP contribution in [0.1, 0.15) is 43.9 Å². The van der Waals surface area contributed by atoms with Crippen molar-refractivity contribution in [3.63, 3.8) is 0 Å². The summed E-state index contributed by atoms with van der Waals surface area (Å²) < 4.78 is 16.9. The van der Waals surface area contributed by atoms with Crippen molar-refractivity contribution in [1.82, 2.24) is 5.32 Å². The first-order valence-corrected chi connectivity index (χ1v) is 10.5.